The SMILES string of the molecule is O=C(NN1C(=O)C2C(C1=O)C1(Br)c3ccccc3C2(Br)c2ccccc21)c1cccc(Br)c1. The number of alkyl halides is 2. The van der Waals surface area contributed by atoms with Gasteiger partial charge in [0.15, 0.2) is 0 Å². The van der Waals surface area contributed by atoms with Gasteiger partial charge in [-0.1, -0.05) is 102 Å². The molecule has 3 aromatic rings. The number of imide groups is 1. The molecule has 1 heterocycles. The number of hydrogen-bond donors (Lipinski definition) is 1. The van der Waals surface area contributed by atoms with Crippen molar-refractivity contribution in [1.82, 2.24) is 10.4 Å². The van der Waals surface area contributed by atoms with E-state index in [2.05, 4.69) is 53.2 Å². The fourth-order valence-corrected chi connectivity index (χ4v) is 8.28. The van der Waals surface area contributed by atoms with Crippen LogP contribution in [0.15, 0.2) is 77.3 Å². The molecule has 4 aliphatic rings. The van der Waals surface area contributed by atoms with Gasteiger partial charge in [0, 0.05) is 10.0 Å². The summed E-state index contributed by atoms with van der Waals surface area (Å²) in [5, 5.41) is 0.905. The molecule has 0 radical (unpaired) electrons. The molecule has 0 spiro atoms. The first-order valence-corrected chi connectivity index (χ1v) is 12.7. The third-order valence-electron chi connectivity index (χ3n) is 6.89. The van der Waals surface area contributed by atoms with Crippen molar-refractivity contribution in [2.24, 2.45) is 11.8 Å². The van der Waals surface area contributed by atoms with Gasteiger partial charge in [-0.2, -0.15) is 5.01 Å². The molecule has 33 heavy (non-hydrogen) atoms. The minimum absolute atomic E-state index is 0.344. The number of nitrogens with one attached hydrogen (secondary N) is 1. The van der Waals surface area contributed by atoms with Crippen LogP contribution in [-0.4, -0.2) is 22.7 Å². The topological polar surface area (TPSA) is 66.5 Å². The number of carbonyl (C=O) groups is 3. The molecule has 8 heteroatoms. The lowest BCUT2D eigenvalue weighted by molar-refractivity contribution is -0.142. The molecule has 3 amide bonds. The second kappa shape index (κ2) is 7.10. The Balaban J connectivity index is 1.50. The van der Waals surface area contributed by atoms with E-state index in [1.165, 1.54) is 0 Å². The Kier molecular flexibility index (Phi) is 4.58. The highest BCUT2D eigenvalue weighted by molar-refractivity contribution is 9.10. The Morgan fingerprint density at radius 1 is 0.758 bits per heavy atom. The zero-order chi connectivity index (χ0) is 23.1. The normalized spacial score (nSPS) is 28.9. The fraction of sp³-hybridized carbons (Fsp3) is 0.160. The highest BCUT2D eigenvalue weighted by Gasteiger charge is 2.72. The van der Waals surface area contributed by atoms with Crippen molar-refractivity contribution in [3.8, 4) is 0 Å². The van der Waals surface area contributed by atoms with E-state index in [1.807, 2.05) is 48.5 Å². The van der Waals surface area contributed by atoms with Crippen molar-refractivity contribution in [2.75, 3.05) is 0 Å². The molecule has 3 aromatic carbocycles. The molecule has 2 bridgehead atoms. The fourth-order valence-electron chi connectivity index (χ4n) is 5.57. The lowest BCUT2D eigenvalue weighted by atomic mass is 9.54. The van der Waals surface area contributed by atoms with Gasteiger partial charge in [-0.3, -0.25) is 19.8 Å². The van der Waals surface area contributed by atoms with Crippen LogP contribution in [0.2, 0.25) is 0 Å². The maximum Gasteiger partial charge on any atom is 0.270 e. The van der Waals surface area contributed by atoms with E-state index in [9.17, 15) is 14.4 Å². The first-order valence-electron chi connectivity index (χ1n) is 10.3. The smallest absolute Gasteiger partial charge is 0.270 e. The van der Waals surface area contributed by atoms with Gasteiger partial charge in [0.05, 0.1) is 20.5 Å². The van der Waals surface area contributed by atoms with Gasteiger partial charge in [-0.25, -0.2) is 0 Å². The first-order chi connectivity index (χ1) is 15.8. The monoisotopic (exact) mass is 628 g/mol. The van der Waals surface area contributed by atoms with E-state index in [4.69, 9.17) is 0 Å². The number of rotatable bonds is 2. The van der Waals surface area contributed by atoms with Gasteiger partial charge in [-0.05, 0) is 40.5 Å². The van der Waals surface area contributed by atoms with Gasteiger partial charge in [0.1, 0.15) is 0 Å². The predicted octanol–water partition coefficient (Wildman–Crippen LogP) is 5.00. The molecule has 1 saturated heterocycles. The average molecular weight is 631 g/mol. The molecule has 7 rings (SSSR count). The number of carbonyl (C=O) groups excluding carboxylic acids is 3. The second-order valence-electron chi connectivity index (χ2n) is 8.43. The van der Waals surface area contributed by atoms with E-state index in [0.29, 0.717) is 5.56 Å². The molecule has 1 aliphatic heterocycles. The van der Waals surface area contributed by atoms with Gasteiger partial charge in [0.2, 0.25) is 0 Å². The van der Waals surface area contributed by atoms with Crippen LogP contribution in [-0.2, 0) is 18.2 Å². The predicted molar refractivity (Wildman–Crippen MR) is 133 cm³/mol. The van der Waals surface area contributed by atoms with Gasteiger partial charge in [-0.15, -0.1) is 0 Å². The number of nitrogens with zero attached hydrogens (tertiary/aromatic N) is 1. The number of hydrazine groups is 1. The highest BCUT2D eigenvalue weighted by Crippen LogP contribution is 2.70. The molecule has 0 saturated carbocycles. The molecule has 3 aliphatic carbocycles. The molecule has 5 nitrogen and oxygen atoms in total. The molecule has 164 valence electrons. The van der Waals surface area contributed by atoms with E-state index in [1.54, 1.807) is 24.3 Å². The van der Waals surface area contributed by atoms with Crippen LogP contribution in [0.5, 0.6) is 0 Å². The van der Waals surface area contributed by atoms with Crippen molar-refractivity contribution < 1.29 is 14.4 Å². The summed E-state index contributed by atoms with van der Waals surface area (Å²) in [6, 6.07) is 22.5. The second-order valence-corrected chi connectivity index (χ2v) is 11.9. The Morgan fingerprint density at radius 3 is 1.64 bits per heavy atom. The van der Waals surface area contributed by atoms with Gasteiger partial charge >= 0.3 is 0 Å². The molecular formula is C25H15Br3N2O3. The first kappa shape index (κ1) is 21.3. The van der Waals surface area contributed by atoms with Crippen molar-refractivity contribution in [1.29, 1.82) is 0 Å². The highest BCUT2D eigenvalue weighted by atomic mass is 79.9. The van der Waals surface area contributed by atoms with Crippen molar-refractivity contribution in [3.63, 3.8) is 0 Å². The Hall–Kier alpha value is -2.29. The summed E-state index contributed by atoms with van der Waals surface area (Å²) in [6.45, 7) is 0. The van der Waals surface area contributed by atoms with Crippen molar-refractivity contribution in [2.45, 2.75) is 8.65 Å². The van der Waals surface area contributed by atoms with Crippen LogP contribution in [0, 0.1) is 11.8 Å². The molecule has 2 atom stereocenters. The van der Waals surface area contributed by atoms with Gasteiger partial charge in [0.25, 0.3) is 17.7 Å². The minimum atomic E-state index is -0.887. The van der Waals surface area contributed by atoms with Crippen LogP contribution >= 0.6 is 47.8 Å². The largest absolute Gasteiger partial charge is 0.272 e. The third kappa shape index (κ3) is 2.60. The molecule has 0 aromatic heterocycles. The van der Waals surface area contributed by atoms with Crippen LogP contribution in [0.1, 0.15) is 32.6 Å². The summed E-state index contributed by atoms with van der Waals surface area (Å²) in [4.78, 5) is 40.5. The summed E-state index contributed by atoms with van der Waals surface area (Å²) in [5.74, 6) is -2.84. The van der Waals surface area contributed by atoms with Crippen LogP contribution in [0.25, 0.3) is 0 Å². The molecular weight excluding hydrogens is 616 g/mol. The lowest BCUT2D eigenvalue weighted by Gasteiger charge is -2.55. The summed E-state index contributed by atoms with van der Waals surface area (Å²) < 4.78 is -1.05. The zero-order valence-electron chi connectivity index (χ0n) is 16.9. The number of amides is 3. The van der Waals surface area contributed by atoms with Crippen LogP contribution < -0.4 is 5.43 Å². The molecule has 1 N–H and O–H groups in total. The Morgan fingerprint density at radius 2 is 1.21 bits per heavy atom. The summed E-state index contributed by atoms with van der Waals surface area (Å²) >= 11 is 11.2. The maximum atomic E-state index is 13.8. The molecule has 1 fully saturated rings. The Bertz CT molecular complexity index is 1270. The Labute approximate surface area is 214 Å². The van der Waals surface area contributed by atoms with Crippen molar-refractivity contribution >= 4 is 65.5 Å². The summed E-state index contributed by atoms with van der Waals surface area (Å²) in [7, 11) is 0. The number of hydrogen-bond acceptors (Lipinski definition) is 3. The zero-order valence-corrected chi connectivity index (χ0v) is 21.6. The summed E-state index contributed by atoms with van der Waals surface area (Å²) in [6.07, 6.45) is 0. The van der Waals surface area contributed by atoms with E-state index in [-0.39, 0.29) is 0 Å². The van der Waals surface area contributed by atoms with E-state index in [0.717, 1.165) is 31.7 Å². The van der Waals surface area contributed by atoms with Crippen molar-refractivity contribution in [3.05, 3.63) is 105 Å². The third-order valence-corrected chi connectivity index (χ3v) is 10.1. The quantitative estimate of drug-likeness (QED) is 0.320. The van der Waals surface area contributed by atoms with Crippen LogP contribution in [0.4, 0.5) is 0 Å². The average Bonchev–Trinajstić information content (AvgIpc) is 3.08. The standard InChI is InChI=1S/C25H15Br3N2O3/c26-14-7-5-6-13(12-14)21(31)29-30-22(32)19-20(23(30)33)25(28)16-9-2-1-8-15(16)24(19,27)17-10-3-4-11-18(17)25/h1-12,19-20H,(H,29,31). The number of benzene rings is 3. The number of halogens is 3. The van der Waals surface area contributed by atoms with Crippen LogP contribution in [0.3, 0.4) is 0 Å². The maximum absolute atomic E-state index is 13.8. The van der Waals surface area contributed by atoms with E-state index >= 15 is 0 Å². The van der Waals surface area contributed by atoms with E-state index < -0.39 is 38.2 Å². The lowest BCUT2D eigenvalue weighted by Crippen LogP contribution is -2.56. The minimum Gasteiger partial charge on any atom is -0.272 e. The summed E-state index contributed by atoms with van der Waals surface area (Å²) in [5.41, 5.74) is 6.70. The molecule has 2 unspecified atom stereocenters. The van der Waals surface area contributed by atoms with Gasteiger partial charge < -0.3 is 0 Å².